The number of hydrogen-bond acceptors (Lipinski definition) is 2. The van der Waals surface area contributed by atoms with Crippen LogP contribution in [0.25, 0.3) is 0 Å². The van der Waals surface area contributed by atoms with Crippen LogP contribution >= 0.6 is 39.7 Å². The molecule has 0 unspecified atom stereocenters. The summed E-state index contributed by atoms with van der Waals surface area (Å²) in [6.45, 7) is 6.47. The Morgan fingerprint density at radius 1 is 1.38 bits per heavy atom. The summed E-state index contributed by atoms with van der Waals surface area (Å²) < 4.78 is 1.15. The van der Waals surface area contributed by atoms with Gasteiger partial charge in [0.2, 0.25) is 0 Å². The van der Waals surface area contributed by atoms with Crippen LogP contribution in [-0.4, -0.2) is 0 Å². The molecule has 0 radical (unpaired) electrons. The highest BCUT2D eigenvalue weighted by Gasteiger charge is 2.23. The molecule has 0 amide bonds. The van der Waals surface area contributed by atoms with Crippen molar-refractivity contribution in [3.63, 3.8) is 0 Å². The van der Waals surface area contributed by atoms with Gasteiger partial charge in [-0.3, -0.25) is 0 Å². The van der Waals surface area contributed by atoms with E-state index < -0.39 is 0 Å². The van der Waals surface area contributed by atoms with E-state index in [4.69, 9.17) is 5.73 Å². The van der Waals surface area contributed by atoms with E-state index in [1.54, 1.807) is 11.3 Å². The molecule has 1 aromatic heterocycles. The van der Waals surface area contributed by atoms with Crippen LogP contribution in [0.2, 0.25) is 0 Å². The van der Waals surface area contributed by atoms with Gasteiger partial charge < -0.3 is 5.73 Å². The molecule has 0 aromatic carbocycles. The Morgan fingerprint density at radius 3 is 2.23 bits per heavy atom. The molecule has 1 atom stereocenters. The molecule has 0 aliphatic carbocycles. The van der Waals surface area contributed by atoms with E-state index in [2.05, 4.69) is 42.8 Å². The molecule has 0 aliphatic rings. The first-order valence-electron chi connectivity index (χ1n) is 3.92. The molecule has 1 heterocycles. The lowest BCUT2D eigenvalue weighted by Crippen LogP contribution is -2.25. The standard InChI is InChI=1S/C9H14BrNS.ClH/c1-9(2,3)8(11)6-4-5-7(10)12-6;/h4-5,8H,11H2,1-3H3;1H/t8-;/m0./s1. The number of thiophene rings is 1. The minimum Gasteiger partial charge on any atom is -0.323 e. The van der Waals surface area contributed by atoms with Crippen LogP contribution in [0.1, 0.15) is 31.7 Å². The second-order valence-corrected chi connectivity index (χ2v) is 6.48. The zero-order valence-electron chi connectivity index (χ0n) is 8.00. The van der Waals surface area contributed by atoms with Gasteiger partial charge in [0.1, 0.15) is 0 Å². The maximum Gasteiger partial charge on any atom is 0.0701 e. The average Bonchev–Trinajstić information content (AvgIpc) is 2.32. The molecule has 1 nitrogen and oxygen atoms in total. The zero-order valence-corrected chi connectivity index (χ0v) is 11.2. The first-order valence-corrected chi connectivity index (χ1v) is 5.53. The van der Waals surface area contributed by atoms with Crippen LogP contribution in [-0.2, 0) is 0 Å². The van der Waals surface area contributed by atoms with E-state index in [1.807, 2.05) is 6.07 Å². The van der Waals surface area contributed by atoms with E-state index in [9.17, 15) is 0 Å². The van der Waals surface area contributed by atoms with Crippen LogP contribution in [0.4, 0.5) is 0 Å². The van der Waals surface area contributed by atoms with Crippen molar-refractivity contribution in [1.82, 2.24) is 0 Å². The Labute approximate surface area is 98.3 Å². The Balaban J connectivity index is 0.00000144. The summed E-state index contributed by atoms with van der Waals surface area (Å²) in [7, 11) is 0. The minimum absolute atomic E-state index is 0. The molecule has 4 heteroatoms. The summed E-state index contributed by atoms with van der Waals surface area (Å²) >= 11 is 5.14. The zero-order chi connectivity index (χ0) is 9.35. The maximum absolute atomic E-state index is 6.07. The van der Waals surface area contributed by atoms with Crippen molar-refractivity contribution in [2.45, 2.75) is 26.8 Å². The molecule has 1 rings (SSSR count). The smallest absolute Gasteiger partial charge is 0.0701 e. The normalized spacial score (nSPS) is 13.6. The molecule has 0 fully saturated rings. The number of nitrogens with two attached hydrogens (primary N) is 1. The van der Waals surface area contributed by atoms with E-state index in [0.29, 0.717) is 0 Å². The molecular formula is C9H15BrClNS. The highest BCUT2D eigenvalue weighted by molar-refractivity contribution is 9.11. The monoisotopic (exact) mass is 283 g/mol. The number of rotatable bonds is 1. The second kappa shape index (κ2) is 4.78. The molecule has 2 N–H and O–H groups in total. The second-order valence-electron chi connectivity index (χ2n) is 3.99. The topological polar surface area (TPSA) is 26.0 Å². The van der Waals surface area contributed by atoms with Gasteiger partial charge in [0.15, 0.2) is 0 Å². The van der Waals surface area contributed by atoms with Crippen molar-refractivity contribution in [2.24, 2.45) is 11.1 Å². The summed E-state index contributed by atoms with van der Waals surface area (Å²) in [6, 6.07) is 4.27. The third-order valence-corrected chi connectivity index (χ3v) is 3.54. The molecule has 0 bridgehead atoms. The molecule has 1 aromatic rings. The van der Waals surface area contributed by atoms with Crippen molar-refractivity contribution in [1.29, 1.82) is 0 Å². The van der Waals surface area contributed by atoms with Gasteiger partial charge in [-0.25, -0.2) is 0 Å². The SMILES string of the molecule is CC(C)(C)[C@@H](N)c1ccc(Br)s1.Cl. The van der Waals surface area contributed by atoms with Crippen LogP contribution in [0.3, 0.4) is 0 Å². The Morgan fingerprint density at radius 2 is 1.92 bits per heavy atom. The van der Waals surface area contributed by atoms with Crippen LogP contribution in [0.15, 0.2) is 15.9 Å². The highest BCUT2D eigenvalue weighted by atomic mass is 79.9. The van der Waals surface area contributed by atoms with E-state index in [1.165, 1.54) is 4.88 Å². The van der Waals surface area contributed by atoms with Crippen molar-refractivity contribution >= 4 is 39.7 Å². The van der Waals surface area contributed by atoms with Crippen LogP contribution < -0.4 is 5.73 Å². The van der Waals surface area contributed by atoms with Crippen molar-refractivity contribution in [3.8, 4) is 0 Å². The Bertz CT molecular complexity index is 267. The maximum atomic E-state index is 6.07. The molecule has 0 spiro atoms. The van der Waals surface area contributed by atoms with Gasteiger partial charge in [0, 0.05) is 10.9 Å². The minimum atomic E-state index is 0. The lowest BCUT2D eigenvalue weighted by atomic mass is 9.87. The molecule has 13 heavy (non-hydrogen) atoms. The van der Waals surface area contributed by atoms with E-state index >= 15 is 0 Å². The fourth-order valence-corrected chi connectivity index (χ4v) is 2.59. The predicted octanol–water partition coefficient (Wildman–Crippen LogP) is 3.98. The molecule has 76 valence electrons. The van der Waals surface area contributed by atoms with Crippen molar-refractivity contribution in [2.75, 3.05) is 0 Å². The largest absolute Gasteiger partial charge is 0.323 e. The molecule has 0 saturated heterocycles. The van der Waals surface area contributed by atoms with Gasteiger partial charge in [0.25, 0.3) is 0 Å². The summed E-state index contributed by atoms with van der Waals surface area (Å²) in [6.07, 6.45) is 0. The fourth-order valence-electron chi connectivity index (χ4n) is 0.922. The van der Waals surface area contributed by atoms with Gasteiger partial charge in [0.05, 0.1) is 3.79 Å². The number of halogens is 2. The summed E-state index contributed by atoms with van der Waals surface area (Å²) in [4.78, 5) is 1.24. The molecule has 0 aliphatic heterocycles. The van der Waals surface area contributed by atoms with Gasteiger partial charge in [-0.05, 0) is 33.5 Å². The first-order chi connectivity index (χ1) is 5.41. The quantitative estimate of drug-likeness (QED) is 0.829. The third-order valence-electron chi connectivity index (χ3n) is 1.83. The summed E-state index contributed by atoms with van der Waals surface area (Å²) in [5.41, 5.74) is 6.22. The van der Waals surface area contributed by atoms with E-state index in [0.717, 1.165) is 3.79 Å². The fraction of sp³-hybridized carbons (Fsp3) is 0.556. The predicted molar refractivity (Wildman–Crippen MR) is 65.7 cm³/mol. The van der Waals surface area contributed by atoms with E-state index in [-0.39, 0.29) is 23.9 Å². The Kier molecular flexibility index (Phi) is 4.94. The molecule has 0 saturated carbocycles. The lowest BCUT2D eigenvalue weighted by molar-refractivity contribution is 0.331. The lowest BCUT2D eigenvalue weighted by Gasteiger charge is -2.25. The van der Waals surface area contributed by atoms with Crippen molar-refractivity contribution in [3.05, 3.63) is 20.8 Å². The summed E-state index contributed by atoms with van der Waals surface area (Å²) in [5.74, 6) is 0. The average molecular weight is 285 g/mol. The van der Waals surface area contributed by atoms with Gasteiger partial charge in [-0.2, -0.15) is 0 Å². The number of hydrogen-bond donors (Lipinski definition) is 1. The highest BCUT2D eigenvalue weighted by Crippen LogP contribution is 2.35. The molecular weight excluding hydrogens is 270 g/mol. The third kappa shape index (κ3) is 3.58. The van der Waals surface area contributed by atoms with Crippen molar-refractivity contribution < 1.29 is 0 Å². The Hall–Kier alpha value is 0.430. The van der Waals surface area contributed by atoms with Gasteiger partial charge in [-0.1, -0.05) is 20.8 Å². The van der Waals surface area contributed by atoms with Crippen LogP contribution in [0, 0.1) is 5.41 Å². The van der Waals surface area contributed by atoms with Gasteiger partial charge in [-0.15, -0.1) is 23.7 Å². The van der Waals surface area contributed by atoms with Crippen LogP contribution in [0.5, 0.6) is 0 Å². The summed E-state index contributed by atoms with van der Waals surface area (Å²) in [5, 5.41) is 0. The first kappa shape index (κ1) is 13.4. The van der Waals surface area contributed by atoms with Gasteiger partial charge >= 0.3 is 0 Å².